The number of rotatable bonds is 13. The monoisotopic (exact) mass is 801 g/mol. The smallest absolute Gasteiger partial charge is 0.246 e. The highest BCUT2D eigenvalue weighted by Crippen LogP contribution is 2.54. The van der Waals surface area contributed by atoms with Crippen LogP contribution < -0.4 is 10.6 Å². The summed E-state index contributed by atoms with van der Waals surface area (Å²) >= 11 is 0. The number of fused-ring (bicyclic) bond motifs is 2. The van der Waals surface area contributed by atoms with Gasteiger partial charge < -0.3 is 25.4 Å². The molecule has 2 saturated heterocycles. The third-order valence-electron chi connectivity index (χ3n) is 13.1. The number of aliphatic imine (C=N–C) groups is 1. The first kappa shape index (κ1) is 38.0. The molecule has 306 valence electrons. The number of allylic oxidation sites excluding steroid dienone is 1. The Morgan fingerprint density at radius 2 is 1.12 bits per heavy atom. The lowest BCUT2D eigenvalue weighted by atomic mass is 9.95. The molecule has 4 fully saturated rings. The molecule has 0 radical (unpaired) electrons. The highest BCUT2D eigenvalue weighted by atomic mass is 16.2. The Bertz CT molecular complexity index is 2430. The van der Waals surface area contributed by atoms with Crippen LogP contribution in [0.1, 0.15) is 77.2 Å². The number of piperidine rings is 2. The third-order valence-corrected chi connectivity index (χ3v) is 13.1. The summed E-state index contributed by atoms with van der Waals surface area (Å²) in [4.78, 5) is 63.0. The third kappa shape index (κ3) is 7.24. The molecule has 3 aromatic heterocycles. The highest BCUT2D eigenvalue weighted by molar-refractivity contribution is 6.04. The van der Waals surface area contributed by atoms with Crippen molar-refractivity contribution in [3.05, 3.63) is 109 Å². The minimum atomic E-state index is -0.431. The van der Waals surface area contributed by atoms with Crippen molar-refractivity contribution in [1.82, 2.24) is 39.7 Å². The summed E-state index contributed by atoms with van der Waals surface area (Å²) in [5.74, 6) is 3.15. The molecule has 13 heteroatoms. The van der Waals surface area contributed by atoms with E-state index in [0.717, 1.165) is 71.6 Å². The molecule has 3 aliphatic heterocycles. The van der Waals surface area contributed by atoms with E-state index in [4.69, 9.17) is 9.98 Å². The molecule has 10 rings (SSSR count). The maximum atomic E-state index is 14.1. The van der Waals surface area contributed by atoms with E-state index in [-0.39, 0.29) is 47.8 Å². The number of anilines is 2. The van der Waals surface area contributed by atoms with Crippen LogP contribution >= 0.6 is 0 Å². The topological polar surface area (TPSA) is 157 Å². The Morgan fingerprint density at radius 3 is 1.65 bits per heavy atom. The fraction of sp³-hybridized carbons (Fsp3) is 0.404. The van der Waals surface area contributed by atoms with Gasteiger partial charge in [0.2, 0.25) is 23.7 Å². The second kappa shape index (κ2) is 15.4. The largest absolute Gasteiger partial charge is 0.342 e. The molecule has 3 N–H and O–H groups in total. The first-order chi connectivity index (χ1) is 29.2. The Hall–Kier alpha value is -6.24. The molecule has 2 aromatic carbocycles. The number of hydrogen-bond donors (Lipinski definition) is 3. The van der Waals surface area contributed by atoms with Gasteiger partial charge in [-0.1, -0.05) is 76.2 Å². The van der Waals surface area contributed by atoms with Crippen LogP contribution in [0.4, 0.5) is 11.9 Å². The lowest BCUT2D eigenvalue weighted by Crippen LogP contribution is -2.51. The molecule has 6 heterocycles. The summed E-state index contributed by atoms with van der Waals surface area (Å²) in [7, 11) is 0. The van der Waals surface area contributed by atoms with Gasteiger partial charge in [0.15, 0.2) is 0 Å². The second-order valence-electron chi connectivity index (χ2n) is 17.8. The van der Waals surface area contributed by atoms with Crippen molar-refractivity contribution in [2.45, 2.75) is 96.1 Å². The maximum absolute atomic E-state index is 14.1. The Morgan fingerprint density at radius 1 is 0.633 bits per heavy atom. The zero-order chi connectivity index (χ0) is 41.1. The number of carbonyl (C=O) groups excluding carboxylic acids is 2. The number of amides is 2. The van der Waals surface area contributed by atoms with E-state index in [1.807, 2.05) is 12.4 Å². The summed E-state index contributed by atoms with van der Waals surface area (Å²) in [6, 6.07) is 20.4. The van der Waals surface area contributed by atoms with Gasteiger partial charge in [-0.25, -0.2) is 24.9 Å². The summed E-state index contributed by atoms with van der Waals surface area (Å²) in [6.45, 7) is 8.24. The van der Waals surface area contributed by atoms with E-state index in [9.17, 15) is 9.59 Å². The predicted molar refractivity (Wildman–Crippen MR) is 231 cm³/mol. The summed E-state index contributed by atoms with van der Waals surface area (Å²) < 4.78 is 0. The quantitative estimate of drug-likeness (QED) is 0.110. The first-order valence-corrected chi connectivity index (χ1v) is 21.4. The van der Waals surface area contributed by atoms with Gasteiger partial charge in [0.1, 0.15) is 17.9 Å². The fourth-order valence-electron chi connectivity index (χ4n) is 9.66. The van der Waals surface area contributed by atoms with E-state index in [2.05, 4.69) is 122 Å². The van der Waals surface area contributed by atoms with Crippen molar-refractivity contribution >= 4 is 35.0 Å². The van der Waals surface area contributed by atoms with Crippen LogP contribution in [0.5, 0.6) is 0 Å². The van der Waals surface area contributed by atoms with Gasteiger partial charge in [-0.2, -0.15) is 0 Å². The molecule has 2 aliphatic carbocycles. The SMILES string of the molecule is CC(C)[C@H](Nc1ncccn1)C(=O)N1[C@@H]2C[C@@H]2C[C@H]1C1=NC=C(c2ccc(-c3ccc(-c4cnc([C@@H]5C[C@H]6C[C@H]6N5C(=O)[C@@H](Nc5ncccn5)C(C)C)[nH]4)cc3)cc2)C1. The van der Waals surface area contributed by atoms with Crippen molar-refractivity contribution < 1.29 is 9.59 Å². The van der Waals surface area contributed by atoms with Gasteiger partial charge in [-0.15, -0.1) is 0 Å². The molecule has 8 atom stereocenters. The molecule has 0 bridgehead atoms. The molecule has 0 unspecified atom stereocenters. The molecule has 5 aliphatic rings. The number of H-pyrrole nitrogens is 1. The molecular formula is C47H51N11O2. The number of nitrogens with zero attached hydrogens (tertiary/aromatic N) is 8. The lowest BCUT2D eigenvalue weighted by molar-refractivity contribution is -0.135. The van der Waals surface area contributed by atoms with Crippen LogP contribution in [0.3, 0.4) is 0 Å². The molecule has 2 saturated carbocycles. The van der Waals surface area contributed by atoms with E-state index >= 15 is 0 Å². The Labute approximate surface area is 350 Å². The van der Waals surface area contributed by atoms with Gasteiger partial charge in [0.25, 0.3) is 0 Å². The van der Waals surface area contributed by atoms with Gasteiger partial charge >= 0.3 is 0 Å². The molecule has 0 spiro atoms. The van der Waals surface area contributed by atoms with Crippen molar-refractivity contribution in [1.29, 1.82) is 0 Å². The fourth-order valence-corrected chi connectivity index (χ4v) is 9.66. The minimum absolute atomic E-state index is 0.0127. The summed E-state index contributed by atoms with van der Waals surface area (Å²) in [6.07, 6.45) is 15.4. The first-order valence-electron chi connectivity index (χ1n) is 21.4. The van der Waals surface area contributed by atoms with Crippen molar-refractivity contribution in [3.8, 4) is 22.4 Å². The van der Waals surface area contributed by atoms with Gasteiger partial charge in [0, 0.05) is 55.2 Å². The second-order valence-corrected chi connectivity index (χ2v) is 17.8. The van der Waals surface area contributed by atoms with Crippen LogP contribution in [-0.2, 0) is 9.59 Å². The maximum Gasteiger partial charge on any atom is 0.246 e. The lowest BCUT2D eigenvalue weighted by Gasteiger charge is -2.33. The van der Waals surface area contributed by atoms with E-state index in [1.165, 1.54) is 5.57 Å². The number of likely N-dealkylation sites (tertiary alicyclic amines) is 2. The number of imidazole rings is 1. The van der Waals surface area contributed by atoms with Crippen LogP contribution in [0.15, 0.2) is 103 Å². The van der Waals surface area contributed by atoms with E-state index in [1.54, 1.807) is 36.9 Å². The Kier molecular flexibility index (Phi) is 9.76. The van der Waals surface area contributed by atoms with Crippen molar-refractivity contribution in [2.75, 3.05) is 10.6 Å². The average molecular weight is 802 g/mol. The van der Waals surface area contributed by atoms with Gasteiger partial charge in [-0.3, -0.25) is 14.6 Å². The van der Waals surface area contributed by atoms with Crippen molar-refractivity contribution in [3.63, 3.8) is 0 Å². The number of aromatic nitrogens is 6. The zero-order valence-electron chi connectivity index (χ0n) is 34.4. The van der Waals surface area contributed by atoms with E-state index < -0.39 is 12.1 Å². The van der Waals surface area contributed by atoms with Crippen LogP contribution in [-0.4, -0.2) is 87.4 Å². The average Bonchev–Trinajstić information content (AvgIpc) is 3.85. The zero-order valence-corrected chi connectivity index (χ0v) is 34.4. The number of nitrogens with one attached hydrogen (secondary N) is 3. The van der Waals surface area contributed by atoms with Crippen LogP contribution in [0.25, 0.3) is 28.0 Å². The molecular weight excluding hydrogens is 751 g/mol. The van der Waals surface area contributed by atoms with Crippen molar-refractivity contribution in [2.24, 2.45) is 28.7 Å². The number of carbonyl (C=O) groups is 2. The number of hydrogen-bond acceptors (Lipinski definition) is 10. The summed E-state index contributed by atoms with van der Waals surface area (Å²) in [5.41, 5.74) is 7.62. The molecule has 5 aromatic rings. The van der Waals surface area contributed by atoms with Gasteiger partial charge in [-0.05, 0) is 89.3 Å². The molecule has 2 amide bonds. The summed E-state index contributed by atoms with van der Waals surface area (Å²) in [5, 5.41) is 6.61. The van der Waals surface area contributed by atoms with Crippen LogP contribution in [0, 0.1) is 23.7 Å². The molecule has 60 heavy (non-hydrogen) atoms. The standard InChI is InChI=1S/C47H51N11O2/c1-26(2)41(55-46-48-15-5-16-49-46)44(59)57-37-20-32(37)22-39(57)35-19-34(24-52-35)30-9-7-28(8-10-30)29-11-13-31(14-12-29)36-25-53-43(54-36)40-23-33-21-38(33)58(40)45(60)42(27(3)4)56-47-50-17-6-18-51-47/h5-18,24-27,32-33,37-42H,19-23H2,1-4H3,(H,53,54)(H,48,49,55)(H,50,51,56)/t32-,33-,37-,38-,39+,40+,41+,42+/m1/s1. The van der Waals surface area contributed by atoms with E-state index in [0.29, 0.717) is 23.7 Å². The molecule has 13 nitrogen and oxygen atoms in total. The van der Waals surface area contributed by atoms with Crippen LogP contribution in [0.2, 0.25) is 0 Å². The minimum Gasteiger partial charge on any atom is -0.342 e. The normalized spacial score (nSPS) is 24.8. The predicted octanol–water partition coefficient (Wildman–Crippen LogP) is 7.43. The highest BCUT2D eigenvalue weighted by Gasteiger charge is 2.57. The number of aromatic amines is 1. The number of benzene rings is 2. The Balaban J connectivity index is 0.779. The van der Waals surface area contributed by atoms with Gasteiger partial charge in [0.05, 0.1) is 24.0 Å².